The third kappa shape index (κ3) is 8.37. The van der Waals surface area contributed by atoms with E-state index in [2.05, 4.69) is 101 Å². The topological polar surface area (TPSA) is 103 Å². The van der Waals surface area contributed by atoms with E-state index in [9.17, 15) is 5.26 Å². The zero-order chi connectivity index (χ0) is 36.4. The van der Waals surface area contributed by atoms with E-state index in [1.807, 2.05) is 30.5 Å². The van der Waals surface area contributed by atoms with Gasteiger partial charge in [0.1, 0.15) is 11.6 Å². The van der Waals surface area contributed by atoms with Crippen LogP contribution in [0.15, 0.2) is 97.3 Å². The molecule has 6 nitrogen and oxygen atoms in total. The first-order valence-corrected chi connectivity index (χ1v) is 19.9. The van der Waals surface area contributed by atoms with Gasteiger partial charge in [0.15, 0.2) is 0 Å². The van der Waals surface area contributed by atoms with Crippen LogP contribution in [-0.4, -0.2) is 32.5 Å². The van der Waals surface area contributed by atoms with E-state index < -0.39 is 0 Å². The van der Waals surface area contributed by atoms with Crippen LogP contribution in [0.4, 0.5) is 0 Å². The Labute approximate surface area is 314 Å². The predicted molar refractivity (Wildman–Crippen MR) is 219 cm³/mol. The van der Waals surface area contributed by atoms with E-state index in [1.165, 1.54) is 75.3 Å². The van der Waals surface area contributed by atoms with Crippen molar-refractivity contribution in [2.45, 2.75) is 96.9 Å². The number of nitrogens with zero attached hydrogens (tertiary/aromatic N) is 3. The number of aromatic amines is 2. The fraction of sp³-hybridized carbons (Fsp3) is 0.340. The van der Waals surface area contributed by atoms with Crippen molar-refractivity contribution < 1.29 is 0 Å². The highest BCUT2D eigenvalue weighted by Crippen LogP contribution is 2.33. The molecule has 1 unspecified atom stereocenters. The molecule has 6 aromatic rings. The van der Waals surface area contributed by atoms with E-state index in [4.69, 9.17) is 4.98 Å². The van der Waals surface area contributed by atoms with Crippen molar-refractivity contribution in [2.24, 2.45) is 0 Å². The van der Waals surface area contributed by atoms with Crippen LogP contribution in [0, 0.1) is 11.3 Å². The largest absolute Gasteiger partial charge is 0.354 e. The van der Waals surface area contributed by atoms with Gasteiger partial charge in [-0.1, -0.05) is 126 Å². The number of fused-ring (bicyclic) bond motifs is 1. The molecule has 0 aliphatic carbocycles. The molecular formula is C47H52N6. The first-order valence-electron chi connectivity index (χ1n) is 19.9. The number of aromatic nitrogens is 4. The monoisotopic (exact) mass is 700 g/mol. The first kappa shape index (κ1) is 36.1. The fourth-order valence-corrected chi connectivity index (χ4v) is 7.63. The molecule has 0 bridgehead atoms. The summed E-state index contributed by atoms with van der Waals surface area (Å²) >= 11 is 0. The van der Waals surface area contributed by atoms with Gasteiger partial charge in [0.25, 0.3) is 0 Å². The summed E-state index contributed by atoms with van der Waals surface area (Å²) in [7, 11) is 0. The van der Waals surface area contributed by atoms with Crippen molar-refractivity contribution in [3.8, 4) is 28.6 Å². The molecule has 0 radical (unpaired) electrons. The third-order valence-electron chi connectivity index (χ3n) is 10.6. The SMILES string of the molecule is CCCCCCCc1ccc(-c2[nH]/c(=C(/C#N)c3ccccn3)c3c(-c4ccc(CCCCCCC)cc4)[nH]/c(=C(\c4ccccn4)C4CN4)c23)cc1. The van der Waals surface area contributed by atoms with Crippen LogP contribution in [0.5, 0.6) is 0 Å². The van der Waals surface area contributed by atoms with E-state index in [1.54, 1.807) is 6.20 Å². The number of nitrogens with one attached hydrogen (secondary N) is 3. The fourth-order valence-electron chi connectivity index (χ4n) is 7.63. The number of aryl methyl sites for hydroxylation is 2. The number of rotatable bonds is 17. The number of pyridine rings is 2. The molecule has 0 amide bonds. The molecule has 270 valence electrons. The Balaban J connectivity index is 1.44. The van der Waals surface area contributed by atoms with Gasteiger partial charge in [-0.25, -0.2) is 0 Å². The Morgan fingerprint density at radius 1 is 0.623 bits per heavy atom. The number of nitriles is 1. The van der Waals surface area contributed by atoms with Crippen LogP contribution < -0.4 is 16.0 Å². The lowest BCUT2D eigenvalue weighted by Crippen LogP contribution is -2.16. The molecule has 1 atom stereocenters. The van der Waals surface area contributed by atoms with Crippen LogP contribution in [0.25, 0.3) is 44.4 Å². The molecule has 5 heterocycles. The lowest BCUT2D eigenvalue weighted by Gasteiger charge is -2.07. The molecule has 2 aromatic carbocycles. The zero-order valence-corrected chi connectivity index (χ0v) is 31.3. The van der Waals surface area contributed by atoms with Crippen LogP contribution in [0.1, 0.15) is 101 Å². The number of benzene rings is 2. The summed E-state index contributed by atoms with van der Waals surface area (Å²) in [5.41, 5.74) is 10.1. The van der Waals surface area contributed by atoms with Crippen molar-refractivity contribution in [2.75, 3.05) is 6.54 Å². The molecular weight excluding hydrogens is 649 g/mol. The third-order valence-corrected chi connectivity index (χ3v) is 10.6. The van der Waals surface area contributed by atoms with Crippen molar-refractivity contribution >= 4 is 21.9 Å². The van der Waals surface area contributed by atoms with E-state index >= 15 is 0 Å². The summed E-state index contributed by atoms with van der Waals surface area (Å²) in [6.45, 7) is 5.41. The molecule has 4 aromatic heterocycles. The standard InChI is InChI=1S/C47H52N6/c1-3-5-7-9-11-17-33-21-25-35(26-22-33)44-42-43(47(53-44)41(40-32-51-40)39-20-14-16-30-50-39)45(52-46(42)37(31-48)38-19-13-15-29-49-38)36-27-23-34(24-28-36)18-12-10-8-6-4-2/h13-16,19-30,40,51-53H,3-12,17-18,32H2,1-2H3/b46-37-,47-41+. The second kappa shape index (κ2) is 17.5. The van der Waals surface area contributed by atoms with Gasteiger partial charge in [-0.2, -0.15) is 5.26 Å². The van der Waals surface area contributed by atoms with Crippen molar-refractivity contribution in [3.05, 3.63) is 131 Å². The van der Waals surface area contributed by atoms with Gasteiger partial charge in [-0.15, -0.1) is 0 Å². The maximum absolute atomic E-state index is 10.8. The maximum atomic E-state index is 10.8. The zero-order valence-electron chi connectivity index (χ0n) is 31.3. The number of hydrogen-bond donors (Lipinski definition) is 3. The van der Waals surface area contributed by atoms with E-state index in [0.29, 0.717) is 11.3 Å². The molecule has 1 aliphatic rings. The number of hydrogen-bond acceptors (Lipinski definition) is 4. The van der Waals surface area contributed by atoms with Gasteiger partial charge in [-0.05, 0) is 72.2 Å². The highest BCUT2D eigenvalue weighted by molar-refractivity contribution is 6.07. The Hall–Kier alpha value is -5.25. The summed E-state index contributed by atoms with van der Waals surface area (Å²) in [5, 5.41) is 18.2. The molecule has 0 spiro atoms. The first-order chi connectivity index (χ1) is 26.2. The average Bonchev–Trinajstić information content (AvgIpc) is 3.86. The van der Waals surface area contributed by atoms with Crippen molar-refractivity contribution in [1.29, 1.82) is 5.26 Å². The van der Waals surface area contributed by atoms with Crippen LogP contribution in [0.3, 0.4) is 0 Å². The van der Waals surface area contributed by atoms with Gasteiger partial charge in [-0.3, -0.25) is 9.97 Å². The lowest BCUT2D eigenvalue weighted by atomic mass is 9.99. The summed E-state index contributed by atoms with van der Waals surface area (Å²) < 4.78 is 0. The highest BCUT2D eigenvalue weighted by Gasteiger charge is 2.30. The molecule has 1 fully saturated rings. The summed E-state index contributed by atoms with van der Waals surface area (Å²) in [6, 6.07) is 32.6. The van der Waals surface area contributed by atoms with E-state index in [0.717, 1.165) is 74.6 Å². The molecule has 3 N–H and O–H groups in total. The van der Waals surface area contributed by atoms with Gasteiger partial charge in [0.05, 0.1) is 33.5 Å². The van der Waals surface area contributed by atoms with Gasteiger partial charge < -0.3 is 15.3 Å². The Morgan fingerprint density at radius 3 is 1.58 bits per heavy atom. The Kier molecular flexibility index (Phi) is 11.9. The number of unbranched alkanes of at least 4 members (excludes halogenated alkanes) is 8. The molecule has 1 saturated heterocycles. The summed E-state index contributed by atoms with van der Waals surface area (Å²) in [6.07, 6.45) is 18.5. The van der Waals surface area contributed by atoms with Crippen LogP contribution >= 0.6 is 0 Å². The normalized spacial score (nSPS) is 15.0. The molecule has 7 rings (SSSR count). The van der Waals surface area contributed by atoms with Gasteiger partial charge >= 0.3 is 0 Å². The highest BCUT2D eigenvalue weighted by atomic mass is 15.1. The Bertz CT molecular complexity index is 2200. The minimum atomic E-state index is 0.172. The maximum Gasteiger partial charge on any atom is 0.104 e. The van der Waals surface area contributed by atoms with Crippen molar-refractivity contribution in [3.63, 3.8) is 0 Å². The molecule has 6 heteroatoms. The average molecular weight is 701 g/mol. The summed E-state index contributed by atoms with van der Waals surface area (Å²) in [4.78, 5) is 17.3. The minimum Gasteiger partial charge on any atom is -0.354 e. The lowest BCUT2D eigenvalue weighted by molar-refractivity contribution is 0.632. The smallest absolute Gasteiger partial charge is 0.104 e. The number of H-pyrrole nitrogens is 2. The predicted octanol–water partition coefficient (Wildman–Crippen LogP) is 9.54. The summed E-state index contributed by atoms with van der Waals surface area (Å²) in [5.74, 6) is 0. The quantitative estimate of drug-likeness (QED) is 0.0651. The molecule has 53 heavy (non-hydrogen) atoms. The van der Waals surface area contributed by atoms with Crippen molar-refractivity contribution in [1.82, 2.24) is 25.3 Å². The van der Waals surface area contributed by atoms with Crippen LogP contribution in [-0.2, 0) is 12.8 Å². The van der Waals surface area contributed by atoms with Gasteiger partial charge in [0.2, 0.25) is 0 Å². The van der Waals surface area contributed by atoms with E-state index in [-0.39, 0.29) is 6.04 Å². The molecule has 1 aliphatic heterocycles. The van der Waals surface area contributed by atoms with Crippen LogP contribution in [0.2, 0.25) is 0 Å². The minimum absolute atomic E-state index is 0.172. The van der Waals surface area contributed by atoms with Gasteiger partial charge in [0, 0.05) is 41.3 Å². The molecule has 0 saturated carbocycles. The second-order valence-electron chi connectivity index (χ2n) is 14.5. The Morgan fingerprint density at radius 2 is 1.11 bits per heavy atom. The second-order valence-corrected chi connectivity index (χ2v) is 14.5.